The van der Waals surface area contributed by atoms with Gasteiger partial charge in [-0.1, -0.05) is 66.7 Å². The summed E-state index contributed by atoms with van der Waals surface area (Å²) in [6.45, 7) is 0.585. The fraction of sp³-hybridized carbons (Fsp3) is 0.0333. The van der Waals surface area contributed by atoms with Gasteiger partial charge in [-0.05, 0) is 47.5 Å². The van der Waals surface area contributed by atoms with E-state index in [9.17, 15) is 10.1 Å². The van der Waals surface area contributed by atoms with Gasteiger partial charge < -0.3 is 0 Å². The highest BCUT2D eigenvalue weighted by molar-refractivity contribution is 5.73. The van der Waals surface area contributed by atoms with Crippen LogP contribution in [0.4, 0.5) is 5.69 Å². The van der Waals surface area contributed by atoms with Gasteiger partial charge in [-0.15, -0.1) is 10.2 Å². The zero-order chi connectivity index (χ0) is 27.8. The number of hydrogen-bond donors (Lipinski definition) is 0. The summed E-state index contributed by atoms with van der Waals surface area (Å²) in [4.78, 5) is 10.8. The van der Waals surface area contributed by atoms with Crippen molar-refractivity contribution in [3.63, 3.8) is 0 Å². The Morgan fingerprint density at radius 1 is 0.564 bits per heavy atom. The second-order valence-electron chi connectivity index (χ2n) is 8.50. The van der Waals surface area contributed by atoms with E-state index in [0.29, 0.717) is 6.54 Å². The third-order valence-corrected chi connectivity index (χ3v) is 5.90. The van der Waals surface area contributed by atoms with E-state index in [1.54, 1.807) is 12.1 Å². The smallest absolute Gasteiger partial charge is 0.258 e. The zero-order valence-corrected chi connectivity index (χ0v) is 21.3. The van der Waals surface area contributed by atoms with Crippen LogP contribution in [-0.2, 0) is 6.54 Å². The van der Waals surface area contributed by atoms with Crippen molar-refractivity contribution in [2.45, 2.75) is 6.54 Å². The average Bonchev–Trinajstić information content (AvgIpc) is 2.94. The summed E-state index contributed by atoms with van der Waals surface area (Å²) in [5.74, 6) is 0. The number of pyridine rings is 1. The molecule has 0 aliphatic heterocycles. The summed E-state index contributed by atoms with van der Waals surface area (Å²) in [6, 6.07) is 42.3. The third kappa shape index (κ3) is 7.78. The highest BCUT2D eigenvalue weighted by Gasteiger charge is 2.23. The minimum atomic E-state index is -4.94. The quantitative estimate of drug-likeness (QED) is 0.183. The van der Waals surface area contributed by atoms with Crippen molar-refractivity contribution >= 4 is 5.69 Å². The molecule has 0 spiro atoms. The Kier molecular flexibility index (Phi) is 8.77. The molecule has 0 aliphatic rings. The normalized spacial score (nSPS) is 10.9. The number of halogens is 1. The molecule has 0 fully saturated rings. The molecule has 0 atom stereocenters. The number of non-ortho nitro benzene ring substituents is 1. The third-order valence-electron chi connectivity index (χ3n) is 5.90. The van der Waals surface area contributed by atoms with Crippen LogP contribution in [0.5, 0.6) is 0 Å². The van der Waals surface area contributed by atoms with Crippen molar-refractivity contribution in [1.82, 2.24) is 0 Å². The van der Waals surface area contributed by atoms with Gasteiger partial charge in [-0.3, -0.25) is 10.1 Å². The first-order valence-electron chi connectivity index (χ1n) is 11.8. The molecule has 196 valence electrons. The average molecular weight is 543 g/mol. The lowest BCUT2D eigenvalue weighted by Gasteiger charge is -2.17. The van der Waals surface area contributed by atoms with Gasteiger partial charge in [-0.2, -0.15) is 4.57 Å². The van der Waals surface area contributed by atoms with Crippen LogP contribution < -0.4 is 23.2 Å². The highest BCUT2D eigenvalue weighted by Crippen LogP contribution is 2.29. The molecule has 5 rings (SSSR count). The molecule has 1 aromatic heterocycles. The number of nitrogens with zero attached hydrogens (tertiary/aromatic N) is 2. The molecule has 0 N–H and O–H groups in total. The molecule has 9 heteroatoms. The lowest BCUT2D eigenvalue weighted by molar-refractivity contribution is -2.00. The van der Waals surface area contributed by atoms with Crippen molar-refractivity contribution in [2.75, 3.05) is 0 Å². The topological polar surface area (TPSA) is 139 Å². The van der Waals surface area contributed by atoms with Crippen molar-refractivity contribution in [3.05, 3.63) is 143 Å². The van der Waals surface area contributed by atoms with Crippen molar-refractivity contribution in [3.8, 4) is 33.6 Å². The Labute approximate surface area is 227 Å². The molecule has 39 heavy (non-hydrogen) atoms. The van der Waals surface area contributed by atoms with E-state index < -0.39 is 10.2 Å². The fourth-order valence-corrected chi connectivity index (χ4v) is 4.19. The van der Waals surface area contributed by atoms with Gasteiger partial charge in [0.2, 0.25) is 11.4 Å². The molecule has 0 saturated carbocycles. The van der Waals surface area contributed by atoms with Crippen LogP contribution in [0.1, 0.15) is 5.56 Å². The molecule has 0 amide bonds. The lowest BCUT2D eigenvalue weighted by atomic mass is 9.98. The van der Waals surface area contributed by atoms with Gasteiger partial charge in [0, 0.05) is 41.0 Å². The first-order valence-corrected chi connectivity index (χ1v) is 13.0. The molecular formula is C30H23ClN2O6. The molecular weight excluding hydrogens is 520 g/mol. The van der Waals surface area contributed by atoms with Gasteiger partial charge in [-0.25, -0.2) is 18.6 Å². The van der Waals surface area contributed by atoms with E-state index >= 15 is 0 Å². The second kappa shape index (κ2) is 12.4. The predicted molar refractivity (Wildman–Crippen MR) is 135 cm³/mol. The van der Waals surface area contributed by atoms with Gasteiger partial charge >= 0.3 is 0 Å². The molecule has 0 saturated heterocycles. The number of hydrogen-bond acceptors (Lipinski definition) is 6. The summed E-state index contributed by atoms with van der Waals surface area (Å²) in [7, 11) is -4.94. The molecule has 8 nitrogen and oxygen atoms in total. The van der Waals surface area contributed by atoms with Crippen LogP contribution >= 0.6 is 0 Å². The Morgan fingerprint density at radius 3 is 1.33 bits per heavy atom. The van der Waals surface area contributed by atoms with Crippen molar-refractivity contribution in [1.29, 1.82) is 0 Å². The fourth-order valence-electron chi connectivity index (χ4n) is 4.19. The second-order valence-corrected chi connectivity index (χ2v) is 9.26. The summed E-state index contributed by atoms with van der Waals surface area (Å²) in [5.41, 5.74) is 7.77. The van der Waals surface area contributed by atoms with Crippen molar-refractivity contribution < 1.29 is 38.4 Å². The molecule has 0 radical (unpaired) electrons. The van der Waals surface area contributed by atoms with Gasteiger partial charge in [0.1, 0.15) is 0 Å². The number of rotatable bonds is 6. The molecule has 0 unspecified atom stereocenters. The van der Waals surface area contributed by atoms with E-state index in [1.165, 1.54) is 0 Å². The van der Waals surface area contributed by atoms with E-state index in [-0.39, 0.29) is 10.6 Å². The first kappa shape index (κ1) is 27.6. The van der Waals surface area contributed by atoms with Crippen LogP contribution in [0, 0.1) is 20.4 Å². The Balaban J connectivity index is 0.000000648. The van der Waals surface area contributed by atoms with Crippen LogP contribution in [0.2, 0.25) is 0 Å². The minimum absolute atomic E-state index is 0.0970. The van der Waals surface area contributed by atoms with E-state index in [4.69, 9.17) is 18.6 Å². The Hall–Kier alpha value is -4.44. The molecule has 4 aromatic carbocycles. The summed E-state index contributed by atoms with van der Waals surface area (Å²) < 4.78 is 36.3. The number of aromatic nitrogens is 1. The number of nitro benzene ring substituents is 1. The Bertz CT molecular complexity index is 1460. The monoisotopic (exact) mass is 542 g/mol. The number of benzene rings is 4. The lowest BCUT2D eigenvalue weighted by Crippen LogP contribution is -2.68. The maximum absolute atomic E-state index is 11.1. The maximum atomic E-state index is 11.1. The molecule has 0 bridgehead atoms. The standard InChI is InChI=1S/C30H23N2O2.ClHO4/c33-32(34)28-18-16-23(17-19-28)22-31-29(25-12-6-2-7-13-25)20-27(24-10-4-1-5-11-24)21-30(31)26-14-8-3-9-15-26;2-1(3,4)5/h1-21H,22H2;(H,2,3,4,5)/q+1;/p-1. The van der Waals surface area contributed by atoms with Crippen LogP contribution in [0.15, 0.2) is 127 Å². The van der Waals surface area contributed by atoms with Crippen LogP contribution in [0.25, 0.3) is 33.6 Å². The SMILES string of the molecule is O=[N+]([O-])c1ccc(C[n+]2c(-c3ccccc3)cc(-c3ccccc3)cc2-c2ccccc2)cc1.[O-][Cl+3]([O-])([O-])[O-]. The minimum Gasteiger partial charge on any atom is -0.258 e. The summed E-state index contributed by atoms with van der Waals surface area (Å²) in [5, 5.41) is 11.1. The summed E-state index contributed by atoms with van der Waals surface area (Å²) in [6.07, 6.45) is 0. The Morgan fingerprint density at radius 2 is 0.949 bits per heavy atom. The van der Waals surface area contributed by atoms with E-state index in [0.717, 1.165) is 39.2 Å². The molecule has 1 heterocycles. The summed E-state index contributed by atoms with van der Waals surface area (Å²) >= 11 is 0. The number of nitro groups is 1. The zero-order valence-electron chi connectivity index (χ0n) is 20.6. The van der Waals surface area contributed by atoms with E-state index in [2.05, 4.69) is 65.2 Å². The van der Waals surface area contributed by atoms with Gasteiger partial charge in [0.15, 0.2) is 6.54 Å². The van der Waals surface area contributed by atoms with Crippen LogP contribution in [-0.4, -0.2) is 4.92 Å². The van der Waals surface area contributed by atoms with E-state index in [1.807, 2.05) is 54.6 Å². The molecule has 5 aromatic rings. The van der Waals surface area contributed by atoms with Gasteiger partial charge in [0.05, 0.1) is 4.92 Å². The first-order chi connectivity index (χ1) is 18.7. The van der Waals surface area contributed by atoms with Crippen LogP contribution in [0.3, 0.4) is 0 Å². The van der Waals surface area contributed by atoms with Crippen molar-refractivity contribution in [2.24, 2.45) is 0 Å². The van der Waals surface area contributed by atoms with Gasteiger partial charge in [0.25, 0.3) is 5.69 Å². The highest BCUT2D eigenvalue weighted by atomic mass is 35.7. The predicted octanol–water partition coefficient (Wildman–Crippen LogP) is 2.18. The largest absolute Gasteiger partial charge is 0.269 e. The molecule has 0 aliphatic carbocycles. The maximum Gasteiger partial charge on any atom is 0.269 e.